The molecule has 23 heavy (non-hydrogen) atoms. The highest BCUT2D eigenvalue weighted by Gasteiger charge is 2.19. The maximum atomic E-state index is 12.1. The Morgan fingerprint density at radius 2 is 1.83 bits per heavy atom. The molecule has 1 aromatic heterocycles. The van der Waals surface area contributed by atoms with Gasteiger partial charge in [-0.1, -0.05) is 62.9 Å². The maximum absolute atomic E-state index is 12.1. The number of nitrogen functional groups attached to an aromatic ring is 1. The van der Waals surface area contributed by atoms with Crippen molar-refractivity contribution in [3.8, 4) is 0 Å². The van der Waals surface area contributed by atoms with Crippen LogP contribution in [-0.4, -0.2) is 16.6 Å². The summed E-state index contributed by atoms with van der Waals surface area (Å²) >= 11 is 20.9. The van der Waals surface area contributed by atoms with E-state index in [1.54, 1.807) is 6.92 Å². The summed E-state index contributed by atoms with van der Waals surface area (Å²) in [5.74, 6) is -0.642. The summed E-state index contributed by atoms with van der Waals surface area (Å²) in [4.78, 5) is 16.0. The predicted octanol–water partition coefficient (Wildman–Crippen LogP) is 4.54. The number of nitrogens with two attached hydrogens (primary N) is 1. The third kappa shape index (κ3) is 4.14. The number of nitrogens with zero attached hydrogens (tertiary/aromatic N) is 2. The van der Waals surface area contributed by atoms with Gasteiger partial charge in [0.2, 0.25) is 0 Å². The van der Waals surface area contributed by atoms with Crippen molar-refractivity contribution >= 4 is 68.0 Å². The predicted molar refractivity (Wildman–Crippen MR) is 97.5 cm³/mol. The fraction of sp³-hybridized carbons (Fsp3) is 0.0714. The van der Waals surface area contributed by atoms with E-state index in [-0.39, 0.29) is 26.6 Å². The van der Waals surface area contributed by atoms with E-state index in [2.05, 4.69) is 31.4 Å². The van der Waals surface area contributed by atoms with Crippen LogP contribution in [0.2, 0.25) is 15.2 Å². The molecule has 0 saturated heterocycles. The van der Waals surface area contributed by atoms with E-state index in [0.717, 1.165) is 10.0 Å². The molecule has 3 N–H and O–H groups in total. The van der Waals surface area contributed by atoms with E-state index in [4.69, 9.17) is 40.5 Å². The van der Waals surface area contributed by atoms with E-state index in [0.29, 0.717) is 5.71 Å². The number of benzene rings is 1. The molecular formula is C14H10BrCl3N4O. The van der Waals surface area contributed by atoms with Crippen molar-refractivity contribution in [1.29, 1.82) is 0 Å². The number of rotatable bonds is 3. The Kier molecular flexibility index (Phi) is 5.86. The molecule has 0 aliphatic rings. The average molecular weight is 437 g/mol. The molecule has 120 valence electrons. The first kappa shape index (κ1) is 18.0. The number of anilines is 1. The topological polar surface area (TPSA) is 80.4 Å². The van der Waals surface area contributed by atoms with E-state index in [9.17, 15) is 4.79 Å². The molecule has 2 aromatic rings. The van der Waals surface area contributed by atoms with Gasteiger partial charge < -0.3 is 5.73 Å². The number of aromatic nitrogens is 1. The Morgan fingerprint density at radius 3 is 2.43 bits per heavy atom. The molecule has 0 unspecified atom stereocenters. The quantitative estimate of drug-likeness (QED) is 0.421. The maximum Gasteiger partial charge on any atom is 0.291 e. The highest BCUT2D eigenvalue weighted by atomic mass is 79.9. The Bertz CT molecular complexity index is 794. The van der Waals surface area contributed by atoms with Crippen LogP contribution >= 0.6 is 50.7 Å². The molecule has 1 aromatic carbocycles. The van der Waals surface area contributed by atoms with Gasteiger partial charge in [0.05, 0.1) is 16.4 Å². The first-order valence-corrected chi connectivity index (χ1v) is 8.14. The van der Waals surface area contributed by atoms with Crippen LogP contribution in [0.15, 0.2) is 33.8 Å². The molecule has 0 bridgehead atoms. The van der Waals surface area contributed by atoms with Crippen molar-refractivity contribution < 1.29 is 4.79 Å². The molecule has 0 radical (unpaired) electrons. The Labute approximate surface area is 155 Å². The third-order valence-corrected chi connectivity index (χ3v) is 4.54. The third-order valence-electron chi connectivity index (χ3n) is 2.87. The standard InChI is InChI=1S/C14H10BrCl3N4O/c1-6(7-2-4-8(15)5-3-7)21-22-14(23)12-9(16)11(19)10(17)13(18)20-12/h2-5H,1H3,(H2,19,20)(H,22,23). The zero-order chi connectivity index (χ0) is 17.1. The largest absolute Gasteiger partial charge is 0.396 e. The lowest BCUT2D eigenvalue weighted by Crippen LogP contribution is -2.21. The highest BCUT2D eigenvalue weighted by Crippen LogP contribution is 2.34. The molecule has 9 heteroatoms. The van der Waals surface area contributed by atoms with Gasteiger partial charge >= 0.3 is 0 Å². The summed E-state index contributed by atoms with van der Waals surface area (Å²) < 4.78 is 0.945. The van der Waals surface area contributed by atoms with E-state index >= 15 is 0 Å². The molecule has 5 nitrogen and oxygen atoms in total. The lowest BCUT2D eigenvalue weighted by atomic mass is 10.1. The number of hydrazone groups is 1. The highest BCUT2D eigenvalue weighted by molar-refractivity contribution is 9.10. The molecule has 0 saturated carbocycles. The van der Waals surface area contributed by atoms with Crippen molar-refractivity contribution in [1.82, 2.24) is 10.4 Å². The summed E-state index contributed by atoms with van der Waals surface area (Å²) in [5, 5.41) is 3.83. The first-order valence-electron chi connectivity index (χ1n) is 6.21. The molecule has 2 rings (SSSR count). The smallest absolute Gasteiger partial charge is 0.291 e. The van der Waals surface area contributed by atoms with Crippen molar-refractivity contribution in [3.05, 3.63) is 55.2 Å². The van der Waals surface area contributed by atoms with Gasteiger partial charge in [0.1, 0.15) is 5.02 Å². The number of halogens is 4. The average Bonchev–Trinajstić information content (AvgIpc) is 2.54. The summed E-state index contributed by atoms with van der Waals surface area (Å²) in [6.45, 7) is 1.75. The Morgan fingerprint density at radius 1 is 1.22 bits per heavy atom. The number of nitrogens with one attached hydrogen (secondary N) is 1. The molecule has 0 aliphatic heterocycles. The van der Waals surface area contributed by atoms with Crippen LogP contribution in [0, 0.1) is 0 Å². The second kappa shape index (κ2) is 7.49. The molecule has 1 amide bonds. The number of pyridine rings is 1. The molecule has 0 fully saturated rings. The number of hydrogen-bond donors (Lipinski definition) is 2. The second-order valence-electron chi connectivity index (χ2n) is 4.44. The van der Waals surface area contributed by atoms with Crippen molar-refractivity contribution in [2.75, 3.05) is 5.73 Å². The van der Waals surface area contributed by atoms with Crippen LogP contribution in [0.1, 0.15) is 23.0 Å². The lowest BCUT2D eigenvalue weighted by Gasteiger charge is -2.08. The molecular weight excluding hydrogens is 426 g/mol. The molecule has 0 atom stereocenters. The minimum Gasteiger partial charge on any atom is -0.396 e. The fourth-order valence-corrected chi connectivity index (χ4v) is 2.48. The first-order chi connectivity index (χ1) is 10.8. The van der Waals surface area contributed by atoms with Gasteiger partial charge in [-0.2, -0.15) is 5.10 Å². The summed E-state index contributed by atoms with van der Waals surface area (Å²) in [6.07, 6.45) is 0. The van der Waals surface area contributed by atoms with Gasteiger partial charge in [-0.15, -0.1) is 0 Å². The van der Waals surface area contributed by atoms with Crippen LogP contribution in [0.25, 0.3) is 0 Å². The van der Waals surface area contributed by atoms with Gasteiger partial charge in [0.25, 0.3) is 5.91 Å². The van der Waals surface area contributed by atoms with Crippen LogP contribution in [-0.2, 0) is 0 Å². The minimum atomic E-state index is -0.642. The Balaban J connectivity index is 2.23. The second-order valence-corrected chi connectivity index (χ2v) is 6.47. The monoisotopic (exact) mass is 434 g/mol. The lowest BCUT2D eigenvalue weighted by molar-refractivity contribution is 0.0950. The van der Waals surface area contributed by atoms with Crippen LogP contribution in [0.5, 0.6) is 0 Å². The summed E-state index contributed by atoms with van der Waals surface area (Å²) in [5.41, 5.74) is 9.33. The van der Waals surface area contributed by atoms with E-state index in [1.165, 1.54) is 0 Å². The fourth-order valence-electron chi connectivity index (χ4n) is 1.63. The zero-order valence-electron chi connectivity index (χ0n) is 11.7. The van der Waals surface area contributed by atoms with Crippen LogP contribution in [0.4, 0.5) is 5.69 Å². The van der Waals surface area contributed by atoms with Crippen molar-refractivity contribution in [2.45, 2.75) is 6.92 Å². The summed E-state index contributed by atoms with van der Waals surface area (Å²) in [7, 11) is 0. The SMILES string of the molecule is CC(=NNC(=O)c1nc(Cl)c(Cl)c(N)c1Cl)c1ccc(Br)cc1. The number of amides is 1. The van der Waals surface area contributed by atoms with Gasteiger partial charge in [0.15, 0.2) is 10.8 Å². The summed E-state index contributed by atoms with van der Waals surface area (Å²) in [6, 6.07) is 7.46. The van der Waals surface area contributed by atoms with Crippen molar-refractivity contribution in [3.63, 3.8) is 0 Å². The number of carbonyl (C=O) groups is 1. The van der Waals surface area contributed by atoms with Crippen molar-refractivity contribution in [2.24, 2.45) is 5.10 Å². The number of hydrogen-bond acceptors (Lipinski definition) is 4. The van der Waals surface area contributed by atoms with Crippen LogP contribution in [0.3, 0.4) is 0 Å². The molecule has 0 aliphatic carbocycles. The molecule has 0 spiro atoms. The van der Waals surface area contributed by atoms with E-state index < -0.39 is 5.91 Å². The normalized spacial score (nSPS) is 11.4. The zero-order valence-corrected chi connectivity index (χ0v) is 15.6. The van der Waals surface area contributed by atoms with Gasteiger partial charge in [-0.25, -0.2) is 10.4 Å². The Hall–Kier alpha value is -1.34. The van der Waals surface area contributed by atoms with Gasteiger partial charge in [-0.05, 0) is 24.6 Å². The molecule has 1 heterocycles. The van der Waals surface area contributed by atoms with Crippen LogP contribution < -0.4 is 11.2 Å². The van der Waals surface area contributed by atoms with E-state index in [1.807, 2.05) is 24.3 Å². The van der Waals surface area contributed by atoms with Gasteiger partial charge in [-0.3, -0.25) is 4.79 Å². The minimum absolute atomic E-state index is 0.00256. The number of carbonyl (C=O) groups excluding carboxylic acids is 1. The van der Waals surface area contributed by atoms with Gasteiger partial charge in [0, 0.05) is 4.47 Å².